The van der Waals surface area contributed by atoms with Crippen LogP contribution in [-0.2, 0) is 22.6 Å². The number of amides is 2. The molecule has 212 valence electrons. The van der Waals surface area contributed by atoms with Gasteiger partial charge in [0.2, 0.25) is 11.8 Å². The zero-order valence-corrected chi connectivity index (χ0v) is 24.3. The monoisotopic (exact) mass is 582 g/mol. The number of benzene rings is 3. The number of hydrogen-bond donors (Lipinski definition) is 1. The van der Waals surface area contributed by atoms with E-state index < -0.39 is 6.04 Å². The Hall–Kier alpha value is -3.22. The molecule has 1 fully saturated rings. The van der Waals surface area contributed by atoms with Crippen LogP contribution in [0.3, 0.4) is 0 Å². The van der Waals surface area contributed by atoms with Crippen molar-refractivity contribution in [2.24, 2.45) is 0 Å². The van der Waals surface area contributed by atoms with Gasteiger partial charge in [-0.2, -0.15) is 0 Å². The van der Waals surface area contributed by atoms with Gasteiger partial charge in [-0.15, -0.1) is 0 Å². The Morgan fingerprint density at radius 1 is 0.925 bits per heavy atom. The number of rotatable bonds is 13. The number of carbonyl (C=O) groups is 2. The highest BCUT2D eigenvalue weighted by Gasteiger charge is 2.32. The SMILES string of the molecule is COc1ccc(OCCCC(=O)N(Cc2c(Cl)cccc2Cl)[C@@H](Cc2ccccc2)C(=O)NC2CCCC2)cc1. The molecule has 8 heteroatoms. The van der Waals surface area contributed by atoms with Crippen LogP contribution in [0.25, 0.3) is 0 Å². The smallest absolute Gasteiger partial charge is 0.243 e. The van der Waals surface area contributed by atoms with Crippen LogP contribution in [-0.4, -0.2) is 42.5 Å². The number of ether oxygens (including phenoxy) is 2. The fourth-order valence-corrected chi connectivity index (χ4v) is 5.52. The minimum Gasteiger partial charge on any atom is -0.497 e. The van der Waals surface area contributed by atoms with Crippen LogP contribution >= 0.6 is 23.2 Å². The van der Waals surface area contributed by atoms with Gasteiger partial charge >= 0.3 is 0 Å². The van der Waals surface area contributed by atoms with Crippen LogP contribution in [0.4, 0.5) is 0 Å². The Kier molecular flexibility index (Phi) is 11.1. The van der Waals surface area contributed by atoms with Crippen LogP contribution in [0, 0.1) is 0 Å². The number of hydrogen-bond acceptors (Lipinski definition) is 4. The van der Waals surface area contributed by atoms with E-state index in [0.717, 1.165) is 37.0 Å². The highest BCUT2D eigenvalue weighted by molar-refractivity contribution is 6.36. The topological polar surface area (TPSA) is 67.9 Å². The number of methoxy groups -OCH3 is 1. The Bertz CT molecular complexity index is 1230. The van der Waals surface area contributed by atoms with Crippen LogP contribution in [0.15, 0.2) is 72.8 Å². The van der Waals surface area contributed by atoms with Crippen molar-refractivity contribution in [3.05, 3.63) is 94.0 Å². The quantitative estimate of drug-likeness (QED) is 0.223. The van der Waals surface area contributed by atoms with Crippen molar-refractivity contribution in [3.63, 3.8) is 0 Å². The Morgan fingerprint density at radius 2 is 1.57 bits per heavy atom. The molecule has 0 heterocycles. The Labute approximate surface area is 246 Å². The van der Waals surface area contributed by atoms with Gasteiger partial charge in [-0.05, 0) is 61.2 Å². The van der Waals surface area contributed by atoms with E-state index in [4.69, 9.17) is 32.7 Å². The minimum atomic E-state index is -0.717. The van der Waals surface area contributed by atoms with Gasteiger partial charge in [0.1, 0.15) is 17.5 Å². The molecule has 3 aromatic rings. The molecule has 0 aliphatic heterocycles. The van der Waals surface area contributed by atoms with E-state index in [1.165, 1.54) is 0 Å². The van der Waals surface area contributed by atoms with E-state index in [-0.39, 0.29) is 30.8 Å². The molecule has 6 nitrogen and oxygen atoms in total. The van der Waals surface area contributed by atoms with Crippen molar-refractivity contribution < 1.29 is 19.1 Å². The van der Waals surface area contributed by atoms with Gasteiger partial charge in [0, 0.05) is 41.0 Å². The van der Waals surface area contributed by atoms with E-state index >= 15 is 0 Å². The van der Waals surface area contributed by atoms with Gasteiger partial charge in [-0.25, -0.2) is 0 Å². The molecule has 1 aliphatic rings. The fourth-order valence-electron chi connectivity index (χ4n) is 5.00. The average molecular weight is 584 g/mol. The van der Waals surface area contributed by atoms with Crippen molar-refractivity contribution >= 4 is 35.0 Å². The average Bonchev–Trinajstić information content (AvgIpc) is 3.48. The highest BCUT2D eigenvalue weighted by atomic mass is 35.5. The summed E-state index contributed by atoms with van der Waals surface area (Å²) in [4.78, 5) is 29.2. The third-order valence-corrected chi connectivity index (χ3v) is 7.93. The second kappa shape index (κ2) is 15.0. The molecule has 0 radical (unpaired) electrons. The fraction of sp³-hybridized carbons (Fsp3) is 0.375. The van der Waals surface area contributed by atoms with Crippen molar-refractivity contribution in [1.82, 2.24) is 10.2 Å². The Morgan fingerprint density at radius 3 is 2.23 bits per heavy atom. The molecule has 1 aliphatic carbocycles. The molecule has 0 bridgehead atoms. The van der Waals surface area contributed by atoms with E-state index in [1.807, 2.05) is 54.6 Å². The first-order chi connectivity index (χ1) is 19.4. The molecular formula is C32H36Cl2N2O4. The largest absolute Gasteiger partial charge is 0.497 e. The van der Waals surface area contributed by atoms with Crippen LogP contribution in [0.2, 0.25) is 10.0 Å². The van der Waals surface area contributed by atoms with Gasteiger partial charge in [0.05, 0.1) is 13.7 Å². The predicted octanol–water partition coefficient (Wildman–Crippen LogP) is 6.86. The molecule has 1 atom stereocenters. The summed E-state index contributed by atoms with van der Waals surface area (Å²) < 4.78 is 11.0. The van der Waals surface area contributed by atoms with Gasteiger partial charge in [0.25, 0.3) is 0 Å². The maximum atomic E-state index is 13.8. The minimum absolute atomic E-state index is 0.129. The molecular weight excluding hydrogens is 547 g/mol. The lowest BCUT2D eigenvalue weighted by Gasteiger charge is -2.33. The van der Waals surface area contributed by atoms with Crippen molar-refractivity contribution in [2.45, 2.75) is 63.6 Å². The second-order valence-electron chi connectivity index (χ2n) is 10.0. The van der Waals surface area contributed by atoms with Crippen molar-refractivity contribution in [3.8, 4) is 11.5 Å². The third-order valence-electron chi connectivity index (χ3n) is 7.23. The highest BCUT2D eigenvalue weighted by Crippen LogP contribution is 2.28. The van der Waals surface area contributed by atoms with Gasteiger partial charge < -0.3 is 19.7 Å². The lowest BCUT2D eigenvalue weighted by Crippen LogP contribution is -2.52. The normalized spacial score (nSPS) is 14.0. The lowest BCUT2D eigenvalue weighted by molar-refractivity contribution is -0.141. The van der Waals surface area contributed by atoms with E-state index in [9.17, 15) is 9.59 Å². The molecule has 4 rings (SSSR count). The molecule has 0 aromatic heterocycles. The Balaban J connectivity index is 1.53. The molecule has 3 aromatic carbocycles. The number of nitrogens with zero attached hydrogens (tertiary/aromatic N) is 1. The standard InChI is InChI=1S/C32H36Cl2N2O4/c1-39-25-16-18-26(19-17-25)40-20-8-15-31(37)36(22-27-28(33)13-7-14-29(27)34)30(21-23-9-3-2-4-10-23)32(38)35-24-11-5-6-12-24/h2-4,7,9-10,13-14,16-19,24,30H,5-6,8,11-12,15,20-22H2,1H3,(H,35,38)/t30-/m0/s1. The number of nitrogens with one attached hydrogen (secondary N) is 1. The van der Waals surface area contributed by atoms with Gasteiger partial charge in [-0.1, -0.05) is 72.4 Å². The number of carbonyl (C=O) groups excluding carboxylic acids is 2. The molecule has 1 N–H and O–H groups in total. The first kappa shape index (κ1) is 29.8. The molecule has 1 saturated carbocycles. The summed E-state index contributed by atoms with van der Waals surface area (Å²) in [7, 11) is 1.61. The van der Waals surface area contributed by atoms with E-state index in [0.29, 0.717) is 40.8 Å². The summed E-state index contributed by atoms with van der Waals surface area (Å²) in [5, 5.41) is 4.14. The van der Waals surface area contributed by atoms with E-state index in [1.54, 1.807) is 30.2 Å². The van der Waals surface area contributed by atoms with Gasteiger partial charge in [0.15, 0.2) is 0 Å². The van der Waals surface area contributed by atoms with Crippen LogP contribution < -0.4 is 14.8 Å². The summed E-state index contributed by atoms with van der Waals surface area (Å²) in [6.07, 6.45) is 5.18. The zero-order valence-electron chi connectivity index (χ0n) is 22.8. The second-order valence-corrected chi connectivity index (χ2v) is 10.9. The van der Waals surface area contributed by atoms with Crippen LogP contribution in [0.5, 0.6) is 11.5 Å². The predicted molar refractivity (Wildman–Crippen MR) is 159 cm³/mol. The maximum absolute atomic E-state index is 13.8. The molecule has 0 spiro atoms. The molecule has 0 unspecified atom stereocenters. The van der Waals surface area contributed by atoms with Crippen molar-refractivity contribution in [1.29, 1.82) is 0 Å². The zero-order chi connectivity index (χ0) is 28.3. The van der Waals surface area contributed by atoms with E-state index in [2.05, 4.69) is 5.32 Å². The van der Waals surface area contributed by atoms with Crippen LogP contribution in [0.1, 0.15) is 49.7 Å². The summed E-state index contributed by atoms with van der Waals surface area (Å²) in [5.41, 5.74) is 1.60. The molecule has 0 saturated heterocycles. The summed E-state index contributed by atoms with van der Waals surface area (Å²) in [5.74, 6) is 1.14. The number of halogens is 2. The third kappa shape index (κ3) is 8.39. The van der Waals surface area contributed by atoms with Gasteiger partial charge in [-0.3, -0.25) is 9.59 Å². The lowest BCUT2D eigenvalue weighted by atomic mass is 10.0. The summed E-state index contributed by atoms with van der Waals surface area (Å²) in [6, 6.07) is 21.8. The summed E-state index contributed by atoms with van der Waals surface area (Å²) in [6.45, 7) is 0.489. The van der Waals surface area contributed by atoms with Crippen molar-refractivity contribution in [2.75, 3.05) is 13.7 Å². The maximum Gasteiger partial charge on any atom is 0.243 e. The molecule has 2 amide bonds. The first-order valence-corrected chi connectivity index (χ1v) is 14.5. The summed E-state index contributed by atoms with van der Waals surface area (Å²) >= 11 is 13.0. The first-order valence-electron chi connectivity index (χ1n) is 13.8. The molecule has 40 heavy (non-hydrogen) atoms.